The number of rotatable bonds is 7. The van der Waals surface area contributed by atoms with Gasteiger partial charge in [0.2, 0.25) is 10.0 Å². The van der Waals surface area contributed by atoms with E-state index in [9.17, 15) is 21.6 Å². The van der Waals surface area contributed by atoms with Gasteiger partial charge < -0.3 is 15.8 Å². The standard InChI is InChI=1S/C14H15F3N4O3S2/c15-14(16,17)24-11-5-3-10(4-6-11)21-13(18)19-7-8-20-26(22,23)12-2-1-9-25-12/h1-6,9,20H,7-8H2,(H3,18,19,21). The van der Waals surface area contributed by atoms with E-state index < -0.39 is 16.4 Å². The van der Waals surface area contributed by atoms with Crippen LogP contribution in [0.2, 0.25) is 0 Å². The summed E-state index contributed by atoms with van der Waals surface area (Å²) in [4.78, 5) is 3.93. The summed E-state index contributed by atoms with van der Waals surface area (Å²) in [6.07, 6.45) is -4.76. The smallest absolute Gasteiger partial charge is 0.406 e. The molecule has 0 saturated heterocycles. The summed E-state index contributed by atoms with van der Waals surface area (Å²) >= 11 is 1.10. The summed E-state index contributed by atoms with van der Waals surface area (Å²) in [6, 6.07) is 8.03. The van der Waals surface area contributed by atoms with Crippen molar-refractivity contribution in [3.8, 4) is 5.75 Å². The molecule has 0 bridgehead atoms. The van der Waals surface area contributed by atoms with Gasteiger partial charge in [0, 0.05) is 12.2 Å². The Kier molecular flexibility index (Phi) is 6.45. The van der Waals surface area contributed by atoms with Crippen LogP contribution in [0, 0.1) is 0 Å². The van der Waals surface area contributed by atoms with Crippen LogP contribution >= 0.6 is 11.3 Å². The predicted molar refractivity (Wildman–Crippen MR) is 92.7 cm³/mol. The number of halogens is 3. The first-order chi connectivity index (χ1) is 12.2. The molecule has 0 radical (unpaired) electrons. The molecule has 4 N–H and O–H groups in total. The van der Waals surface area contributed by atoms with E-state index in [1.165, 1.54) is 18.2 Å². The average molecular weight is 408 g/mol. The second-order valence-corrected chi connectivity index (χ2v) is 7.74. The fourth-order valence-electron chi connectivity index (χ4n) is 1.77. The normalized spacial score (nSPS) is 12.8. The van der Waals surface area contributed by atoms with Crippen molar-refractivity contribution in [3.63, 3.8) is 0 Å². The van der Waals surface area contributed by atoms with Gasteiger partial charge in [-0.2, -0.15) is 0 Å². The molecule has 0 amide bonds. The van der Waals surface area contributed by atoms with Crippen molar-refractivity contribution in [2.75, 3.05) is 18.4 Å². The molecule has 7 nitrogen and oxygen atoms in total. The molecule has 1 aromatic heterocycles. The number of benzene rings is 1. The summed E-state index contributed by atoms with van der Waals surface area (Å²) in [6.45, 7) is 0.125. The summed E-state index contributed by atoms with van der Waals surface area (Å²) in [5.74, 6) is -0.369. The molecule has 142 valence electrons. The summed E-state index contributed by atoms with van der Waals surface area (Å²) in [5, 5.41) is 4.33. The largest absolute Gasteiger partial charge is 0.573 e. The van der Waals surface area contributed by atoms with Crippen LogP contribution in [-0.2, 0) is 10.0 Å². The molecule has 2 aromatic rings. The monoisotopic (exact) mass is 408 g/mol. The number of nitrogens with one attached hydrogen (secondary N) is 2. The van der Waals surface area contributed by atoms with Gasteiger partial charge in [0.25, 0.3) is 0 Å². The second-order valence-electron chi connectivity index (χ2n) is 4.79. The topological polar surface area (TPSA) is 106 Å². The highest BCUT2D eigenvalue weighted by Crippen LogP contribution is 2.23. The van der Waals surface area contributed by atoms with E-state index in [0.717, 1.165) is 23.5 Å². The molecule has 26 heavy (non-hydrogen) atoms. The van der Waals surface area contributed by atoms with Gasteiger partial charge in [0.05, 0.1) is 6.54 Å². The summed E-state index contributed by atoms with van der Waals surface area (Å²) in [7, 11) is -3.56. The maximum absolute atomic E-state index is 12.1. The van der Waals surface area contributed by atoms with Gasteiger partial charge in [-0.1, -0.05) is 6.07 Å². The van der Waals surface area contributed by atoms with Gasteiger partial charge in [-0.3, -0.25) is 4.99 Å². The lowest BCUT2D eigenvalue weighted by atomic mass is 10.3. The molecule has 0 atom stereocenters. The Bertz CT molecular complexity index is 835. The highest BCUT2D eigenvalue weighted by atomic mass is 32.2. The zero-order valence-corrected chi connectivity index (χ0v) is 14.8. The Morgan fingerprint density at radius 1 is 1.23 bits per heavy atom. The minimum atomic E-state index is -4.76. The number of nitrogens with zero attached hydrogens (tertiary/aromatic N) is 1. The number of alkyl halides is 3. The third-order valence-corrected chi connectivity index (χ3v) is 5.66. The molecule has 0 aliphatic heterocycles. The van der Waals surface area contributed by atoms with E-state index in [-0.39, 0.29) is 29.0 Å². The third kappa shape index (κ3) is 6.54. The van der Waals surface area contributed by atoms with Gasteiger partial charge >= 0.3 is 6.36 Å². The number of hydrogen-bond acceptors (Lipinski definition) is 5. The Hall–Kier alpha value is -2.31. The van der Waals surface area contributed by atoms with Crippen LogP contribution in [0.15, 0.2) is 51.0 Å². The van der Waals surface area contributed by atoms with E-state index in [1.54, 1.807) is 11.4 Å². The Morgan fingerprint density at radius 3 is 2.50 bits per heavy atom. The number of anilines is 1. The first-order valence-corrected chi connectivity index (χ1v) is 9.48. The molecular formula is C14H15F3N4O3S2. The fraction of sp³-hybridized carbons (Fsp3) is 0.214. The zero-order chi connectivity index (χ0) is 19.2. The lowest BCUT2D eigenvalue weighted by molar-refractivity contribution is -0.274. The maximum atomic E-state index is 12.1. The maximum Gasteiger partial charge on any atom is 0.573 e. The second kappa shape index (κ2) is 8.38. The van der Waals surface area contributed by atoms with Crippen molar-refractivity contribution in [2.24, 2.45) is 10.7 Å². The fourth-order valence-corrected chi connectivity index (χ4v) is 3.83. The molecule has 0 aliphatic rings. The van der Waals surface area contributed by atoms with Gasteiger partial charge in [0.1, 0.15) is 9.96 Å². The Balaban J connectivity index is 1.81. The van der Waals surface area contributed by atoms with Crippen LogP contribution in [0.25, 0.3) is 0 Å². The Labute approximate surface area is 151 Å². The lowest BCUT2D eigenvalue weighted by Gasteiger charge is -2.10. The van der Waals surface area contributed by atoms with Crippen molar-refractivity contribution in [1.29, 1.82) is 0 Å². The number of guanidine groups is 1. The number of nitrogens with two attached hydrogens (primary N) is 1. The SMILES string of the molecule is NC(=NCCNS(=O)(=O)c1cccs1)Nc1ccc(OC(F)(F)F)cc1. The van der Waals surface area contributed by atoms with Crippen LogP contribution in [0.5, 0.6) is 5.75 Å². The van der Waals surface area contributed by atoms with Gasteiger partial charge in [-0.15, -0.1) is 24.5 Å². The first kappa shape index (κ1) is 20.0. The average Bonchev–Trinajstić information content (AvgIpc) is 3.07. The first-order valence-electron chi connectivity index (χ1n) is 7.12. The summed E-state index contributed by atoms with van der Waals surface area (Å²) in [5.41, 5.74) is 6.05. The molecule has 12 heteroatoms. The number of aliphatic imine (C=N–C) groups is 1. The zero-order valence-electron chi connectivity index (χ0n) is 13.2. The van der Waals surface area contributed by atoms with Crippen LogP contribution in [0.1, 0.15) is 0 Å². The Morgan fingerprint density at radius 2 is 1.92 bits per heavy atom. The van der Waals surface area contributed by atoms with Gasteiger partial charge in [-0.25, -0.2) is 13.1 Å². The number of ether oxygens (including phenoxy) is 1. The van der Waals surface area contributed by atoms with Crippen LogP contribution in [-0.4, -0.2) is 33.8 Å². The molecule has 2 rings (SSSR count). The van der Waals surface area contributed by atoms with Crippen molar-refractivity contribution < 1.29 is 26.3 Å². The van der Waals surface area contributed by atoms with Crippen molar-refractivity contribution >= 4 is 33.0 Å². The van der Waals surface area contributed by atoms with Gasteiger partial charge in [-0.05, 0) is 35.7 Å². The quantitative estimate of drug-likeness (QED) is 0.371. The molecule has 1 heterocycles. The highest BCUT2D eigenvalue weighted by Gasteiger charge is 2.30. The van der Waals surface area contributed by atoms with Crippen molar-refractivity contribution in [3.05, 3.63) is 41.8 Å². The van der Waals surface area contributed by atoms with E-state index in [2.05, 4.69) is 19.8 Å². The highest BCUT2D eigenvalue weighted by molar-refractivity contribution is 7.91. The van der Waals surface area contributed by atoms with Gasteiger partial charge in [0.15, 0.2) is 5.96 Å². The molecular weight excluding hydrogens is 393 g/mol. The predicted octanol–water partition coefficient (Wildman–Crippen LogP) is 2.35. The molecule has 0 unspecified atom stereocenters. The minimum Gasteiger partial charge on any atom is -0.406 e. The van der Waals surface area contributed by atoms with Crippen LogP contribution in [0.3, 0.4) is 0 Å². The molecule has 0 spiro atoms. The van der Waals surface area contributed by atoms with E-state index in [0.29, 0.717) is 5.69 Å². The molecule has 0 aliphatic carbocycles. The third-order valence-electron chi connectivity index (χ3n) is 2.81. The summed E-state index contributed by atoms with van der Waals surface area (Å²) < 4.78 is 66.3. The molecule has 0 fully saturated rings. The minimum absolute atomic E-state index is 0.00943. The van der Waals surface area contributed by atoms with Crippen molar-refractivity contribution in [2.45, 2.75) is 10.6 Å². The number of hydrogen-bond donors (Lipinski definition) is 3. The number of sulfonamides is 1. The van der Waals surface area contributed by atoms with E-state index in [1.807, 2.05) is 0 Å². The van der Waals surface area contributed by atoms with E-state index in [4.69, 9.17) is 5.73 Å². The lowest BCUT2D eigenvalue weighted by Crippen LogP contribution is -2.28. The molecule has 0 saturated carbocycles. The molecule has 1 aromatic carbocycles. The van der Waals surface area contributed by atoms with Crippen LogP contribution in [0.4, 0.5) is 18.9 Å². The number of thiophene rings is 1. The van der Waals surface area contributed by atoms with Crippen molar-refractivity contribution in [1.82, 2.24) is 4.72 Å². The van der Waals surface area contributed by atoms with Crippen LogP contribution < -0.4 is 20.5 Å². The van der Waals surface area contributed by atoms with E-state index >= 15 is 0 Å².